The summed E-state index contributed by atoms with van der Waals surface area (Å²) in [5.74, 6) is -0.506. The number of rotatable bonds is 8. The Bertz CT molecular complexity index is 804. The maximum atomic E-state index is 13.1. The predicted octanol–water partition coefficient (Wildman–Crippen LogP) is 2.64. The lowest BCUT2D eigenvalue weighted by atomic mass is 10.2. The third kappa shape index (κ3) is 7.20. The number of aromatic nitrogens is 1. The Morgan fingerprint density at radius 1 is 1.30 bits per heavy atom. The number of benzene rings is 1. The van der Waals surface area contributed by atoms with Crippen molar-refractivity contribution in [3.05, 3.63) is 58.5 Å². The van der Waals surface area contributed by atoms with Crippen LogP contribution in [0.4, 0.5) is 15.0 Å². The van der Waals surface area contributed by atoms with Gasteiger partial charge in [0.25, 0.3) is 0 Å². The van der Waals surface area contributed by atoms with Crippen molar-refractivity contribution in [2.45, 2.75) is 13.5 Å². The zero-order chi connectivity index (χ0) is 19.6. The zero-order valence-corrected chi connectivity index (χ0v) is 15.5. The summed E-state index contributed by atoms with van der Waals surface area (Å²) in [7, 11) is 0. The van der Waals surface area contributed by atoms with Gasteiger partial charge in [-0.1, -0.05) is 29.8 Å². The van der Waals surface area contributed by atoms with Gasteiger partial charge in [0.1, 0.15) is 18.2 Å². The summed E-state index contributed by atoms with van der Waals surface area (Å²) in [6.07, 6.45) is 0.278. The van der Waals surface area contributed by atoms with Crippen LogP contribution in [-0.2, 0) is 16.1 Å². The second-order valence-electron chi connectivity index (χ2n) is 5.62. The van der Waals surface area contributed by atoms with Crippen LogP contribution >= 0.6 is 11.6 Å². The first-order valence-corrected chi connectivity index (χ1v) is 8.60. The van der Waals surface area contributed by atoms with Gasteiger partial charge in [-0.25, -0.2) is 14.2 Å². The quantitative estimate of drug-likeness (QED) is 0.598. The molecular formula is C18H20ClFN4O3. The number of ether oxygens (including phenoxy) is 1. The maximum Gasteiger partial charge on any atom is 0.412 e. The van der Waals surface area contributed by atoms with Crippen molar-refractivity contribution in [2.75, 3.05) is 25.0 Å². The Morgan fingerprint density at radius 2 is 2.07 bits per heavy atom. The number of hydrogen-bond donors (Lipinski definition) is 3. The summed E-state index contributed by atoms with van der Waals surface area (Å²) in [5, 5.41) is 8.61. The Hall–Kier alpha value is -2.71. The maximum absolute atomic E-state index is 13.1. The Morgan fingerprint density at radius 3 is 2.81 bits per heavy atom. The SMILES string of the molecule is Cc1cc(NC(=O)OCCNC(=O)CNCc2ccccc2Cl)ncc1F. The smallest absolute Gasteiger partial charge is 0.412 e. The molecule has 0 saturated heterocycles. The van der Waals surface area contributed by atoms with Crippen LogP contribution in [0.15, 0.2) is 36.5 Å². The number of aryl methyl sites for hydroxylation is 1. The van der Waals surface area contributed by atoms with Crippen LogP contribution < -0.4 is 16.0 Å². The van der Waals surface area contributed by atoms with E-state index < -0.39 is 11.9 Å². The molecule has 144 valence electrons. The summed E-state index contributed by atoms with van der Waals surface area (Å²) in [4.78, 5) is 27.1. The molecule has 2 amide bonds. The predicted molar refractivity (Wildman–Crippen MR) is 100 cm³/mol. The third-order valence-corrected chi connectivity index (χ3v) is 3.86. The van der Waals surface area contributed by atoms with Crippen LogP contribution in [0.25, 0.3) is 0 Å². The number of anilines is 1. The fourth-order valence-corrected chi connectivity index (χ4v) is 2.30. The molecule has 0 atom stereocenters. The van der Waals surface area contributed by atoms with Crippen molar-refractivity contribution in [3.63, 3.8) is 0 Å². The number of carbonyl (C=O) groups is 2. The van der Waals surface area contributed by atoms with Gasteiger partial charge in [-0.15, -0.1) is 0 Å². The molecule has 7 nitrogen and oxygen atoms in total. The van der Waals surface area contributed by atoms with Crippen molar-refractivity contribution in [2.24, 2.45) is 0 Å². The van der Waals surface area contributed by atoms with Crippen molar-refractivity contribution in [1.82, 2.24) is 15.6 Å². The highest BCUT2D eigenvalue weighted by Gasteiger charge is 2.07. The van der Waals surface area contributed by atoms with Crippen molar-refractivity contribution in [1.29, 1.82) is 0 Å². The number of nitrogens with zero attached hydrogens (tertiary/aromatic N) is 1. The largest absolute Gasteiger partial charge is 0.447 e. The van der Waals surface area contributed by atoms with Gasteiger partial charge in [-0.05, 0) is 30.2 Å². The number of pyridine rings is 1. The molecule has 0 aliphatic rings. The van der Waals surface area contributed by atoms with Crippen LogP contribution in [0.1, 0.15) is 11.1 Å². The van der Waals surface area contributed by atoms with E-state index in [0.717, 1.165) is 11.8 Å². The molecule has 0 aliphatic carbocycles. The lowest BCUT2D eigenvalue weighted by molar-refractivity contribution is -0.120. The second-order valence-corrected chi connectivity index (χ2v) is 6.03. The van der Waals surface area contributed by atoms with Crippen molar-refractivity contribution < 1.29 is 18.7 Å². The van der Waals surface area contributed by atoms with Gasteiger partial charge in [0, 0.05) is 11.6 Å². The molecule has 2 aromatic rings. The van der Waals surface area contributed by atoms with Gasteiger partial charge in [0.2, 0.25) is 5.91 Å². The molecule has 0 radical (unpaired) electrons. The normalized spacial score (nSPS) is 10.3. The highest BCUT2D eigenvalue weighted by atomic mass is 35.5. The molecule has 0 unspecified atom stereocenters. The van der Waals surface area contributed by atoms with Gasteiger partial charge in [0.15, 0.2) is 0 Å². The standard InChI is InChI=1S/C18H20ClFN4O3/c1-12-8-16(23-10-15(12)20)24-18(26)27-7-6-22-17(25)11-21-9-13-4-2-3-5-14(13)19/h2-5,8,10,21H,6-7,9,11H2,1H3,(H,22,25)(H,23,24,26). The molecule has 1 aromatic heterocycles. The van der Waals surface area contributed by atoms with Gasteiger partial charge in [-0.3, -0.25) is 10.1 Å². The molecule has 0 saturated carbocycles. The monoisotopic (exact) mass is 394 g/mol. The number of nitrogens with one attached hydrogen (secondary N) is 3. The number of halogens is 2. The van der Waals surface area contributed by atoms with Gasteiger partial charge in [-0.2, -0.15) is 0 Å². The van der Waals surface area contributed by atoms with Crippen LogP contribution in [0.2, 0.25) is 5.02 Å². The molecule has 0 aliphatic heterocycles. The minimum Gasteiger partial charge on any atom is -0.447 e. The van der Waals surface area contributed by atoms with E-state index in [1.807, 2.05) is 18.2 Å². The van der Waals surface area contributed by atoms with E-state index in [1.54, 1.807) is 13.0 Å². The number of amides is 2. The summed E-state index contributed by atoms with van der Waals surface area (Å²) < 4.78 is 18.0. The van der Waals surface area contributed by atoms with Crippen LogP contribution in [0.5, 0.6) is 0 Å². The molecule has 27 heavy (non-hydrogen) atoms. The summed E-state index contributed by atoms with van der Waals surface area (Å²) >= 11 is 6.03. The van der Waals surface area contributed by atoms with E-state index in [-0.39, 0.29) is 31.4 Å². The summed E-state index contributed by atoms with van der Waals surface area (Å²) in [5.41, 5.74) is 1.26. The second kappa shape index (κ2) is 10.4. The third-order valence-electron chi connectivity index (χ3n) is 3.49. The topological polar surface area (TPSA) is 92.4 Å². The number of hydrogen-bond acceptors (Lipinski definition) is 5. The van der Waals surface area contributed by atoms with Gasteiger partial charge >= 0.3 is 6.09 Å². The first-order valence-electron chi connectivity index (χ1n) is 8.22. The Balaban J connectivity index is 1.58. The Kier molecular flexibility index (Phi) is 7.97. The summed E-state index contributed by atoms with van der Waals surface area (Å²) in [6.45, 7) is 2.29. The molecule has 0 bridgehead atoms. The van der Waals surface area contributed by atoms with E-state index in [2.05, 4.69) is 20.9 Å². The van der Waals surface area contributed by atoms with Crippen LogP contribution in [0.3, 0.4) is 0 Å². The molecular weight excluding hydrogens is 375 g/mol. The zero-order valence-electron chi connectivity index (χ0n) is 14.7. The lowest BCUT2D eigenvalue weighted by Gasteiger charge is -2.09. The average Bonchev–Trinajstić information content (AvgIpc) is 2.63. The fourth-order valence-electron chi connectivity index (χ4n) is 2.10. The first-order chi connectivity index (χ1) is 13.0. The molecule has 3 N–H and O–H groups in total. The van der Waals surface area contributed by atoms with Gasteiger partial charge in [0.05, 0.1) is 19.3 Å². The van der Waals surface area contributed by atoms with Crippen LogP contribution in [0, 0.1) is 12.7 Å². The molecule has 0 fully saturated rings. The molecule has 0 spiro atoms. The van der Waals surface area contributed by atoms with Crippen molar-refractivity contribution >= 4 is 29.4 Å². The fraction of sp³-hybridized carbons (Fsp3) is 0.278. The van der Waals surface area contributed by atoms with E-state index in [0.29, 0.717) is 17.1 Å². The molecule has 9 heteroatoms. The average molecular weight is 395 g/mol. The molecule has 1 heterocycles. The van der Waals surface area contributed by atoms with Crippen LogP contribution in [-0.4, -0.2) is 36.7 Å². The minimum atomic E-state index is -0.736. The minimum absolute atomic E-state index is 0.0116. The van der Waals surface area contributed by atoms with E-state index in [9.17, 15) is 14.0 Å². The van der Waals surface area contributed by atoms with E-state index in [1.165, 1.54) is 6.07 Å². The highest BCUT2D eigenvalue weighted by molar-refractivity contribution is 6.31. The molecule has 1 aromatic carbocycles. The van der Waals surface area contributed by atoms with Gasteiger partial charge < -0.3 is 15.4 Å². The summed E-state index contributed by atoms with van der Waals surface area (Å²) in [6, 6.07) is 8.75. The van der Waals surface area contributed by atoms with Crippen molar-refractivity contribution in [3.8, 4) is 0 Å². The first kappa shape index (κ1) is 20.6. The Labute approximate surface area is 161 Å². The molecule has 2 rings (SSSR count). The number of carbonyl (C=O) groups excluding carboxylic acids is 2. The van der Waals surface area contributed by atoms with E-state index in [4.69, 9.17) is 16.3 Å². The van der Waals surface area contributed by atoms with E-state index >= 15 is 0 Å². The highest BCUT2D eigenvalue weighted by Crippen LogP contribution is 2.14. The lowest BCUT2D eigenvalue weighted by Crippen LogP contribution is -2.36.